The van der Waals surface area contributed by atoms with E-state index in [0.717, 1.165) is 16.8 Å². The number of anilines is 1. The van der Waals surface area contributed by atoms with Crippen molar-refractivity contribution in [1.29, 1.82) is 0 Å². The number of aryl methyl sites for hydroxylation is 2. The Bertz CT molecular complexity index is 429. The lowest BCUT2D eigenvalue weighted by Gasteiger charge is -2.16. The monoisotopic (exact) mass is 220 g/mol. The number of carbonyl (C=O) groups is 1. The minimum absolute atomic E-state index is 0.0508. The van der Waals surface area contributed by atoms with Crippen molar-refractivity contribution in [3.8, 4) is 0 Å². The van der Waals surface area contributed by atoms with Crippen molar-refractivity contribution >= 4 is 11.6 Å². The Kier molecular flexibility index (Phi) is 2.83. The summed E-state index contributed by atoms with van der Waals surface area (Å²) in [4.78, 5) is 11.8. The third-order valence-electron chi connectivity index (χ3n) is 2.93. The van der Waals surface area contributed by atoms with E-state index in [2.05, 4.69) is 10.6 Å². The minimum Gasteiger partial charge on any atom is -0.360 e. The average Bonchev–Trinajstić information content (AvgIpc) is 2.41. The highest BCUT2D eigenvalue weighted by molar-refractivity contribution is 6.00. The van der Waals surface area contributed by atoms with Gasteiger partial charge in [0, 0.05) is 12.8 Å². The third kappa shape index (κ3) is 1.88. The molecule has 4 nitrogen and oxygen atoms in total. The average molecular weight is 220 g/mol. The van der Waals surface area contributed by atoms with E-state index in [9.17, 15) is 4.79 Å². The molecule has 1 heterocycles. The van der Waals surface area contributed by atoms with Crippen molar-refractivity contribution in [2.24, 2.45) is 0 Å². The van der Waals surface area contributed by atoms with E-state index in [-0.39, 0.29) is 12.1 Å². The highest BCUT2D eigenvalue weighted by Gasteiger charge is 2.20. The first-order valence-corrected chi connectivity index (χ1v) is 5.30. The van der Waals surface area contributed by atoms with Crippen LogP contribution in [0.3, 0.4) is 0 Å². The van der Waals surface area contributed by atoms with Crippen molar-refractivity contribution in [3.63, 3.8) is 0 Å². The van der Waals surface area contributed by atoms with Crippen LogP contribution >= 0.6 is 0 Å². The summed E-state index contributed by atoms with van der Waals surface area (Å²) in [5.41, 5.74) is 3.80. The molecule has 4 heteroatoms. The van der Waals surface area contributed by atoms with Crippen molar-refractivity contribution in [2.75, 3.05) is 19.0 Å². The van der Waals surface area contributed by atoms with Crippen LogP contribution in [-0.4, -0.2) is 25.8 Å². The van der Waals surface area contributed by atoms with Gasteiger partial charge in [0.15, 0.2) is 0 Å². The van der Waals surface area contributed by atoms with Gasteiger partial charge in [-0.2, -0.15) is 0 Å². The maximum atomic E-state index is 11.8. The summed E-state index contributed by atoms with van der Waals surface area (Å²) in [6.45, 7) is 4.51. The molecule has 1 atom stereocenters. The van der Waals surface area contributed by atoms with Gasteiger partial charge in [-0.05, 0) is 37.1 Å². The predicted octanol–water partition coefficient (Wildman–Crippen LogP) is 1.43. The fraction of sp³-hybridized carbons (Fsp3) is 0.417. The third-order valence-corrected chi connectivity index (χ3v) is 2.93. The Morgan fingerprint density at radius 3 is 2.69 bits per heavy atom. The molecule has 0 fully saturated rings. The second-order valence-corrected chi connectivity index (χ2v) is 4.06. The number of ether oxygens (including phenoxy) is 1. The molecule has 1 aliphatic heterocycles. The maximum absolute atomic E-state index is 11.8. The van der Waals surface area contributed by atoms with E-state index < -0.39 is 0 Å². The summed E-state index contributed by atoms with van der Waals surface area (Å²) < 4.78 is 5.22. The molecule has 0 aromatic heterocycles. The molecule has 2 N–H and O–H groups in total. The van der Waals surface area contributed by atoms with E-state index in [0.29, 0.717) is 12.1 Å². The van der Waals surface area contributed by atoms with Crippen LogP contribution in [0, 0.1) is 13.8 Å². The molecular formula is C12H16N2O2. The van der Waals surface area contributed by atoms with Gasteiger partial charge in [-0.25, -0.2) is 0 Å². The van der Waals surface area contributed by atoms with Crippen LogP contribution in [0.25, 0.3) is 0 Å². The Balaban J connectivity index is 2.46. The molecule has 1 amide bonds. The maximum Gasteiger partial charge on any atom is 0.253 e. The Morgan fingerprint density at radius 1 is 1.31 bits per heavy atom. The van der Waals surface area contributed by atoms with Crippen LogP contribution in [0.1, 0.15) is 21.5 Å². The van der Waals surface area contributed by atoms with Gasteiger partial charge in [-0.3, -0.25) is 4.79 Å². The van der Waals surface area contributed by atoms with Crippen LogP contribution in [0.15, 0.2) is 12.1 Å². The quantitative estimate of drug-likeness (QED) is 0.752. The summed E-state index contributed by atoms with van der Waals surface area (Å²) >= 11 is 0. The van der Waals surface area contributed by atoms with Crippen LogP contribution in [0.4, 0.5) is 5.69 Å². The number of fused-ring (bicyclic) bond motifs is 1. The number of hydrogen-bond acceptors (Lipinski definition) is 3. The molecule has 0 saturated heterocycles. The molecule has 0 saturated carbocycles. The van der Waals surface area contributed by atoms with Gasteiger partial charge in [0.05, 0.1) is 12.1 Å². The largest absolute Gasteiger partial charge is 0.360 e. The minimum atomic E-state index is -0.174. The molecule has 0 bridgehead atoms. The zero-order chi connectivity index (χ0) is 11.7. The normalized spacial score (nSPS) is 19.4. The van der Waals surface area contributed by atoms with E-state index in [1.54, 1.807) is 7.11 Å². The fourth-order valence-electron chi connectivity index (χ4n) is 1.77. The molecule has 2 rings (SSSR count). The topological polar surface area (TPSA) is 50.4 Å². The summed E-state index contributed by atoms with van der Waals surface area (Å²) in [6.07, 6.45) is -0.174. The zero-order valence-corrected chi connectivity index (χ0v) is 9.76. The molecule has 1 aromatic carbocycles. The standard InChI is InChI=1S/C12H16N2O2/c1-7-4-9-10(5-8(7)2)14-11(16-3)6-13-12(9)15/h4-5,11,14H,6H2,1-3H3,(H,13,15). The van der Waals surface area contributed by atoms with Crippen molar-refractivity contribution in [1.82, 2.24) is 5.32 Å². The number of amides is 1. The van der Waals surface area contributed by atoms with E-state index >= 15 is 0 Å². The number of benzene rings is 1. The number of rotatable bonds is 1. The second kappa shape index (κ2) is 4.14. The van der Waals surface area contributed by atoms with Crippen LogP contribution in [-0.2, 0) is 4.74 Å². The molecule has 1 unspecified atom stereocenters. The van der Waals surface area contributed by atoms with Gasteiger partial charge in [0.25, 0.3) is 5.91 Å². The highest BCUT2D eigenvalue weighted by Crippen LogP contribution is 2.23. The fourth-order valence-corrected chi connectivity index (χ4v) is 1.77. The van der Waals surface area contributed by atoms with Crippen molar-refractivity contribution in [3.05, 3.63) is 28.8 Å². The number of methoxy groups -OCH3 is 1. The molecule has 0 radical (unpaired) electrons. The summed E-state index contributed by atoms with van der Waals surface area (Å²) in [5, 5.41) is 6.02. The molecule has 1 aliphatic rings. The van der Waals surface area contributed by atoms with Crippen LogP contribution < -0.4 is 10.6 Å². The second-order valence-electron chi connectivity index (χ2n) is 4.06. The Labute approximate surface area is 95.0 Å². The summed E-state index contributed by atoms with van der Waals surface area (Å²) in [6, 6.07) is 3.90. The summed E-state index contributed by atoms with van der Waals surface area (Å²) in [5.74, 6) is -0.0508. The first kappa shape index (κ1) is 11.0. The van der Waals surface area contributed by atoms with Gasteiger partial charge < -0.3 is 15.4 Å². The van der Waals surface area contributed by atoms with Crippen LogP contribution in [0.5, 0.6) is 0 Å². The Hall–Kier alpha value is -1.55. The van der Waals surface area contributed by atoms with Gasteiger partial charge in [-0.1, -0.05) is 0 Å². The first-order valence-electron chi connectivity index (χ1n) is 5.30. The molecule has 86 valence electrons. The lowest BCUT2D eigenvalue weighted by atomic mass is 10.0. The Morgan fingerprint density at radius 2 is 2.00 bits per heavy atom. The predicted molar refractivity (Wildman–Crippen MR) is 62.7 cm³/mol. The zero-order valence-electron chi connectivity index (χ0n) is 9.76. The molecule has 0 spiro atoms. The van der Waals surface area contributed by atoms with Crippen molar-refractivity contribution in [2.45, 2.75) is 20.1 Å². The molecule has 0 aliphatic carbocycles. The smallest absolute Gasteiger partial charge is 0.253 e. The van der Waals surface area contributed by atoms with E-state index in [4.69, 9.17) is 4.74 Å². The number of carbonyl (C=O) groups excluding carboxylic acids is 1. The lowest BCUT2D eigenvalue weighted by Crippen LogP contribution is -2.33. The molecular weight excluding hydrogens is 204 g/mol. The van der Waals surface area contributed by atoms with Crippen molar-refractivity contribution < 1.29 is 9.53 Å². The number of nitrogens with one attached hydrogen (secondary N) is 2. The molecule has 1 aromatic rings. The SMILES string of the molecule is COC1CNC(=O)c2cc(C)c(C)cc2N1. The number of hydrogen-bond donors (Lipinski definition) is 2. The van der Waals surface area contributed by atoms with Gasteiger partial charge in [0.2, 0.25) is 0 Å². The summed E-state index contributed by atoms with van der Waals surface area (Å²) in [7, 11) is 1.62. The lowest BCUT2D eigenvalue weighted by molar-refractivity contribution is 0.0901. The van der Waals surface area contributed by atoms with E-state index in [1.165, 1.54) is 0 Å². The van der Waals surface area contributed by atoms with E-state index in [1.807, 2.05) is 26.0 Å². The van der Waals surface area contributed by atoms with Gasteiger partial charge in [0.1, 0.15) is 6.23 Å². The van der Waals surface area contributed by atoms with Crippen LogP contribution in [0.2, 0.25) is 0 Å². The van der Waals surface area contributed by atoms with Gasteiger partial charge in [-0.15, -0.1) is 0 Å². The molecule has 16 heavy (non-hydrogen) atoms. The van der Waals surface area contributed by atoms with Gasteiger partial charge >= 0.3 is 0 Å². The first-order chi connectivity index (χ1) is 7.61. The highest BCUT2D eigenvalue weighted by atomic mass is 16.5.